The van der Waals surface area contributed by atoms with Crippen LogP contribution in [0, 0.1) is 0 Å². The van der Waals surface area contributed by atoms with E-state index >= 15 is 0 Å². The number of para-hydroxylation sites is 1. The lowest BCUT2D eigenvalue weighted by Crippen LogP contribution is -2.31. The van der Waals surface area contributed by atoms with Crippen molar-refractivity contribution in [1.82, 2.24) is 9.97 Å². The summed E-state index contributed by atoms with van der Waals surface area (Å²) < 4.78 is 0. The highest BCUT2D eigenvalue weighted by atomic mass is 15.3. The van der Waals surface area contributed by atoms with Gasteiger partial charge in [0.05, 0.1) is 5.52 Å². The molecule has 0 unspecified atom stereocenters. The minimum absolute atomic E-state index is 0.709. The Labute approximate surface area is 119 Å². The van der Waals surface area contributed by atoms with Crippen LogP contribution in [-0.4, -0.2) is 29.6 Å². The van der Waals surface area contributed by atoms with Gasteiger partial charge in [0.2, 0.25) is 5.95 Å². The molecule has 3 rings (SSSR count). The van der Waals surface area contributed by atoms with E-state index in [4.69, 9.17) is 9.97 Å². The van der Waals surface area contributed by atoms with Gasteiger partial charge in [-0.25, -0.2) is 4.98 Å². The molecule has 1 aliphatic heterocycles. The summed E-state index contributed by atoms with van der Waals surface area (Å²) in [6.45, 7) is 6.57. The van der Waals surface area contributed by atoms with Crippen LogP contribution in [0.3, 0.4) is 0 Å². The fourth-order valence-corrected chi connectivity index (χ4v) is 2.60. The maximum Gasteiger partial charge on any atom is 0.227 e. The summed E-state index contributed by atoms with van der Waals surface area (Å²) >= 11 is 0. The van der Waals surface area contributed by atoms with Gasteiger partial charge in [-0.1, -0.05) is 18.2 Å². The number of hydrogen-bond donors (Lipinski definition) is 1. The number of hydrogen-bond acceptors (Lipinski definition) is 4. The summed E-state index contributed by atoms with van der Waals surface area (Å²) in [6.07, 6.45) is 5.61. The molecule has 4 heteroatoms. The van der Waals surface area contributed by atoms with Crippen molar-refractivity contribution in [2.45, 2.75) is 19.3 Å². The van der Waals surface area contributed by atoms with E-state index in [1.165, 1.54) is 19.3 Å². The van der Waals surface area contributed by atoms with E-state index in [1.54, 1.807) is 0 Å². The summed E-state index contributed by atoms with van der Waals surface area (Å²) in [4.78, 5) is 11.7. The van der Waals surface area contributed by atoms with Gasteiger partial charge in [-0.05, 0) is 31.4 Å². The van der Waals surface area contributed by atoms with E-state index in [1.807, 2.05) is 24.3 Å². The first-order valence-corrected chi connectivity index (χ1v) is 7.25. The van der Waals surface area contributed by atoms with Crippen LogP contribution < -0.4 is 10.2 Å². The van der Waals surface area contributed by atoms with Crippen LogP contribution in [-0.2, 0) is 0 Å². The van der Waals surface area contributed by atoms with Gasteiger partial charge in [-0.3, -0.25) is 0 Å². The van der Waals surface area contributed by atoms with Crippen molar-refractivity contribution >= 4 is 22.7 Å². The lowest BCUT2D eigenvalue weighted by atomic mass is 10.1. The fraction of sp³-hybridized carbons (Fsp3) is 0.375. The predicted molar refractivity (Wildman–Crippen MR) is 84.3 cm³/mol. The van der Waals surface area contributed by atoms with Crippen LogP contribution in [0.5, 0.6) is 0 Å². The molecule has 1 aromatic heterocycles. The van der Waals surface area contributed by atoms with Crippen molar-refractivity contribution in [3.63, 3.8) is 0 Å². The fourth-order valence-electron chi connectivity index (χ4n) is 2.60. The molecular weight excluding hydrogens is 248 g/mol. The lowest BCUT2D eigenvalue weighted by Gasteiger charge is -2.27. The quantitative estimate of drug-likeness (QED) is 0.864. The summed E-state index contributed by atoms with van der Waals surface area (Å²) in [5, 5.41) is 4.39. The van der Waals surface area contributed by atoms with Gasteiger partial charge in [0, 0.05) is 25.0 Å². The first-order valence-electron chi connectivity index (χ1n) is 7.25. The zero-order chi connectivity index (χ0) is 13.8. The van der Waals surface area contributed by atoms with Gasteiger partial charge in [0.1, 0.15) is 5.82 Å². The Balaban J connectivity index is 2.01. The first-order chi connectivity index (χ1) is 9.88. The molecule has 0 amide bonds. The molecule has 20 heavy (non-hydrogen) atoms. The Kier molecular flexibility index (Phi) is 3.81. The number of anilines is 2. The van der Waals surface area contributed by atoms with Gasteiger partial charge in [-0.15, -0.1) is 6.58 Å². The van der Waals surface area contributed by atoms with E-state index in [9.17, 15) is 0 Å². The number of fused-ring (bicyclic) bond motifs is 1. The SMILES string of the molecule is C=CCNc1nc(N2CCCCC2)nc2ccccc12. The van der Waals surface area contributed by atoms with Crippen LogP contribution in [0.4, 0.5) is 11.8 Å². The van der Waals surface area contributed by atoms with Crippen molar-refractivity contribution in [3.05, 3.63) is 36.9 Å². The molecule has 0 bridgehead atoms. The predicted octanol–water partition coefficient (Wildman–Crippen LogP) is 3.22. The maximum absolute atomic E-state index is 4.72. The Morgan fingerprint density at radius 3 is 2.75 bits per heavy atom. The third kappa shape index (κ3) is 2.59. The molecule has 0 radical (unpaired) electrons. The average molecular weight is 268 g/mol. The van der Waals surface area contributed by atoms with Crippen LogP contribution >= 0.6 is 0 Å². The average Bonchev–Trinajstić information content (AvgIpc) is 2.53. The minimum Gasteiger partial charge on any atom is -0.366 e. The Bertz CT molecular complexity index is 602. The van der Waals surface area contributed by atoms with Crippen molar-refractivity contribution in [2.24, 2.45) is 0 Å². The third-order valence-electron chi connectivity index (χ3n) is 3.64. The molecule has 0 aliphatic carbocycles. The largest absolute Gasteiger partial charge is 0.366 e. The molecule has 2 aromatic rings. The van der Waals surface area contributed by atoms with Crippen molar-refractivity contribution in [1.29, 1.82) is 0 Å². The summed E-state index contributed by atoms with van der Waals surface area (Å²) in [5.74, 6) is 1.74. The third-order valence-corrected chi connectivity index (χ3v) is 3.64. The van der Waals surface area contributed by atoms with Crippen LogP contribution in [0.25, 0.3) is 10.9 Å². The number of aromatic nitrogens is 2. The number of benzene rings is 1. The van der Waals surface area contributed by atoms with Gasteiger partial charge >= 0.3 is 0 Å². The van der Waals surface area contributed by atoms with Gasteiger partial charge < -0.3 is 10.2 Å². The molecule has 4 nitrogen and oxygen atoms in total. The zero-order valence-corrected chi connectivity index (χ0v) is 11.7. The van der Waals surface area contributed by atoms with Gasteiger partial charge in [0.15, 0.2) is 0 Å². The molecule has 104 valence electrons. The number of nitrogens with one attached hydrogen (secondary N) is 1. The topological polar surface area (TPSA) is 41.1 Å². The number of rotatable bonds is 4. The molecule has 0 atom stereocenters. The van der Waals surface area contributed by atoms with Crippen molar-refractivity contribution in [3.8, 4) is 0 Å². The van der Waals surface area contributed by atoms with Crippen molar-refractivity contribution < 1.29 is 0 Å². The molecular formula is C16H20N4. The number of nitrogens with zero attached hydrogens (tertiary/aromatic N) is 3. The van der Waals surface area contributed by atoms with E-state index in [0.717, 1.165) is 35.8 Å². The molecule has 1 N–H and O–H groups in total. The molecule has 0 saturated carbocycles. The van der Waals surface area contributed by atoms with E-state index in [-0.39, 0.29) is 0 Å². The second-order valence-corrected chi connectivity index (χ2v) is 5.11. The standard InChI is InChI=1S/C16H20N4/c1-2-10-17-15-13-8-4-5-9-14(13)18-16(19-15)20-11-6-3-7-12-20/h2,4-5,8-9H,1,3,6-7,10-12H2,(H,17,18,19). The highest BCUT2D eigenvalue weighted by molar-refractivity contribution is 5.90. The first kappa shape index (κ1) is 12.9. The second kappa shape index (κ2) is 5.90. The number of piperidine rings is 1. The zero-order valence-electron chi connectivity index (χ0n) is 11.7. The van der Waals surface area contributed by atoms with Gasteiger partial charge in [-0.2, -0.15) is 4.98 Å². The van der Waals surface area contributed by atoms with Gasteiger partial charge in [0.25, 0.3) is 0 Å². The summed E-state index contributed by atoms with van der Waals surface area (Å²) in [5.41, 5.74) is 0.995. The smallest absolute Gasteiger partial charge is 0.227 e. The highest BCUT2D eigenvalue weighted by Crippen LogP contribution is 2.24. The summed E-state index contributed by atoms with van der Waals surface area (Å²) in [7, 11) is 0. The molecule has 1 saturated heterocycles. The van der Waals surface area contributed by atoms with Crippen LogP contribution in [0.15, 0.2) is 36.9 Å². The Morgan fingerprint density at radius 2 is 1.95 bits per heavy atom. The minimum atomic E-state index is 0.709. The molecule has 1 fully saturated rings. The molecule has 0 spiro atoms. The maximum atomic E-state index is 4.72. The molecule has 1 aromatic carbocycles. The Hall–Kier alpha value is -2.10. The van der Waals surface area contributed by atoms with Crippen LogP contribution in [0.1, 0.15) is 19.3 Å². The molecule has 1 aliphatic rings. The highest BCUT2D eigenvalue weighted by Gasteiger charge is 2.15. The normalized spacial score (nSPS) is 15.3. The lowest BCUT2D eigenvalue weighted by molar-refractivity contribution is 0.569. The van der Waals surface area contributed by atoms with Crippen molar-refractivity contribution in [2.75, 3.05) is 29.9 Å². The monoisotopic (exact) mass is 268 g/mol. The van der Waals surface area contributed by atoms with E-state index < -0.39 is 0 Å². The molecule has 2 heterocycles. The van der Waals surface area contributed by atoms with E-state index in [0.29, 0.717) is 6.54 Å². The van der Waals surface area contributed by atoms with Crippen LogP contribution in [0.2, 0.25) is 0 Å². The Morgan fingerprint density at radius 1 is 1.15 bits per heavy atom. The summed E-state index contributed by atoms with van der Waals surface area (Å²) in [6, 6.07) is 8.14. The second-order valence-electron chi connectivity index (χ2n) is 5.11. The van der Waals surface area contributed by atoms with E-state index in [2.05, 4.69) is 22.9 Å².